The van der Waals surface area contributed by atoms with Gasteiger partial charge in [-0.15, -0.1) is 0 Å². The number of aryl methyl sites for hydroxylation is 1. The quantitative estimate of drug-likeness (QED) is 0.617. The van der Waals surface area contributed by atoms with Gasteiger partial charge in [-0.25, -0.2) is 9.37 Å². The SMILES string of the molecule is Cc1nc(N2CCCC(Cc3ccc(F)cc3)C2=O)sc1C(=O)NCc1ccccc1. The Balaban J connectivity index is 1.44. The number of hydrogen-bond acceptors (Lipinski definition) is 4. The molecular weight excluding hydrogens is 413 g/mol. The van der Waals surface area contributed by atoms with Crippen molar-refractivity contribution in [3.63, 3.8) is 0 Å². The van der Waals surface area contributed by atoms with Crippen molar-refractivity contribution in [1.29, 1.82) is 0 Å². The van der Waals surface area contributed by atoms with Crippen LogP contribution in [0.4, 0.5) is 9.52 Å². The van der Waals surface area contributed by atoms with E-state index in [1.165, 1.54) is 23.5 Å². The first-order valence-electron chi connectivity index (χ1n) is 10.4. The maximum atomic E-state index is 13.2. The van der Waals surface area contributed by atoms with E-state index < -0.39 is 0 Å². The number of nitrogens with one attached hydrogen (secondary N) is 1. The number of nitrogens with zero attached hydrogens (tertiary/aromatic N) is 2. The minimum absolute atomic E-state index is 0.0144. The Kier molecular flexibility index (Phi) is 6.42. The average Bonchev–Trinajstić information content (AvgIpc) is 3.17. The first-order valence-corrected chi connectivity index (χ1v) is 11.2. The Bertz CT molecular complexity index is 1070. The van der Waals surface area contributed by atoms with Gasteiger partial charge in [0.15, 0.2) is 5.13 Å². The zero-order chi connectivity index (χ0) is 21.8. The topological polar surface area (TPSA) is 62.3 Å². The molecule has 0 radical (unpaired) electrons. The summed E-state index contributed by atoms with van der Waals surface area (Å²) < 4.78 is 13.2. The van der Waals surface area contributed by atoms with Gasteiger partial charge in [-0.2, -0.15) is 0 Å². The monoisotopic (exact) mass is 437 g/mol. The third-order valence-electron chi connectivity index (χ3n) is 5.46. The average molecular weight is 438 g/mol. The van der Waals surface area contributed by atoms with E-state index >= 15 is 0 Å². The van der Waals surface area contributed by atoms with Gasteiger partial charge in [0, 0.05) is 19.0 Å². The van der Waals surface area contributed by atoms with Crippen molar-refractivity contribution in [3.8, 4) is 0 Å². The highest BCUT2D eigenvalue weighted by Crippen LogP contribution is 2.31. The highest BCUT2D eigenvalue weighted by Gasteiger charge is 2.32. The van der Waals surface area contributed by atoms with E-state index in [9.17, 15) is 14.0 Å². The van der Waals surface area contributed by atoms with Crippen LogP contribution in [0.3, 0.4) is 0 Å². The molecule has 1 aromatic heterocycles. The van der Waals surface area contributed by atoms with Gasteiger partial charge < -0.3 is 5.32 Å². The summed E-state index contributed by atoms with van der Waals surface area (Å²) in [5.74, 6) is -0.617. The molecule has 1 unspecified atom stereocenters. The summed E-state index contributed by atoms with van der Waals surface area (Å²) in [7, 11) is 0. The van der Waals surface area contributed by atoms with Gasteiger partial charge >= 0.3 is 0 Å². The number of benzene rings is 2. The zero-order valence-electron chi connectivity index (χ0n) is 17.3. The molecule has 1 atom stereocenters. The fourth-order valence-corrected chi connectivity index (χ4v) is 4.82. The molecule has 0 spiro atoms. The fourth-order valence-electron chi connectivity index (χ4n) is 3.80. The Morgan fingerprint density at radius 1 is 1.16 bits per heavy atom. The molecule has 2 aromatic carbocycles. The van der Waals surface area contributed by atoms with Crippen LogP contribution in [0, 0.1) is 18.7 Å². The lowest BCUT2D eigenvalue weighted by Gasteiger charge is -2.30. The van der Waals surface area contributed by atoms with E-state index in [0.29, 0.717) is 35.2 Å². The molecule has 4 rings (SSSR count). The second kappa shape index (κ2) is 9.39. The number of piperidine rings is 1. The van der Waals surface area contributed by atoms with E-state index in [1.807, 2.05) is 30.3 Å². The standard InChI is InChI=1S/C24H24FN3O2S/c1-16-21(22(29)26-15-18-6-3-2-4-7-18)31-24(27-16)28-13-5-8-19(23(28)30)14-17-9-11-20(25)12-10-17/h2-4,6-7,9-12,19H,5,8,13-15H2,1H3,(H,26,29). The molecule has 0 saturated carbocycles. The molecule has 1 saturated heterocycles. The van der Waals surface area contributed by atoms with Crippen LogP contribution >= 0.6 is 11.3 Å². The minimum Gasteiger partial charge on any atom is -0.347 e. The van der Waals surface area contributed by atoms with Crippen molar-refractivity contribution in [2.75, 3.05) is 11.4 Å². The lowest BCUT2D eigenvalue weighted by atomic mass is 9.90. The Morgan fingerprint density at radius 2 is 1.90 bits per heavy atom. The number of anilines is 1. The molecule has 2 amide bonds. The summed E-state index contributed by atoms with van der Waals surface area (Å²) in [6, 6.07) is 16.0. The summed E-state index contributed by atoms with van der Waals surface area (Å²) in [5, 5.41) is 3.49. The van der Waals surface area contributed by atoms with Crippen molar-refractivity contribution in [2.24, 2.45) is 5.92 Å². The second-order valence-corrected chi connectivity index (χ2v) is 8.72. The molecule has 7 heteroatoms. The molecule has 1 N–H and O–H groups in total. The third-order valence-corrected chi connectivity index (χ3v) is 6.64. The van der Waals surface area contributed by atoms with E-state index in [0.717, 1.165) is 24.0 Å². The van der Waals surface area contributed by atoms with Crippen LogP contribution in [-0.4, -0.2) is 23.3 Å². The molecular formula is C24H24FN3O2S. The molecule has 2 heterocycles. The smallest absolute Gasteiger partial charge is 0.263 e. The van der Waals surface area contributed by atoms with Gasteiger partial charge in [0.05, 0.1) is 5.69 Å². The molecule has 0 bridgehead atoms. The van der Waals surface area contributed by atoms with Crippen LogP contribution in [-0.2, 0) is 17.8 Å². The number of amides is 2. The number of thiazole rings is 1. The largest absolute Gasteiger partial charge is 0.347 e. The first-order chi connectivity index (χ1) is 15.0. The molecule has 31 heavy (non-hydrogen) atoms. The Hall–Kier alpha value is -3.06. The van der Waals surface area contributed by atoms with Crippen molar-refractivity contribution < 1.29 is 14.0 Å². The van der Waals surface area contributed by atoms with Crippen LogP contribution in [0.2, 0.25) is 0 Å². The van der Waals surface area contributed by atoms with E-state index in [-0.39, 0.29) is 23.5 Å². The molecule has 1 aliphatic rings. The lowest BCUT2D eigenvalue weighted by Crippen LogP contribution is -2.42. The highest BCUT2D eigenvalue weighted by atomic mass is 32.1. The summed E-state index contributed by atoms with van der Waals surface area (Å²) in [5.41, 5.74) is 2.59. The fraction of sp³-hybridized carbons (Fsp3) is 0.292. The van der Waals surface area contributed by atoms with Crippen molar-refractivity contribution in [2.45, 2.75) is 32.7 Å². The molecule has 1 aliphatic heterocycles. The number of halogens is 1. The van der Waals surface area contributed by atoms with Gasteiger partial charge in [-0.3, -0.25) is 14.5 Å². The molecule has 160 valence electrons. The van der Waals surface area contributed by atoms with Crippen LogP contribution in [0.5, 0.6) is 0 Å². The van der Waals surface area contributed by atoms with E-state index in [4.69, 9.17) is 0 Å². The number of carbonyl (C=O) groups is 2. The highest BCUT2D eigenvalue weighted by molar-refractivity contribution is 7.17. The number of rotatable bonds is 6. The predicted molar refractivity (Wildman–Crippen MR) is 120 cm³/mol. The molecule has 5 nitrogen and oxygen atoms in total. The van der Waals surface area contributed by atoms with Crippen molar-refractivity contribution in [3.05, 3.63) is 82.1 Å². The Morgan fingerprint density at radius 3 is 2.65 bits per heavy atom. The molecule has 0 aliphatic carbocycles. The van der Waals surface area contributed by atoms with Crippen LogP contribution < -0.4 is 10.2 Å². The van der Waals surface area contributed by atoms with Crippen molar-refractivity contribution in [1.82, 2.24) is 10.3 Å². The van der Waals surface area contributed by atoms with Gasteiger partial charge in [0.2, 0.25) is 5.91 Å². The number of aromatic nitrogens is 1. The van der Waals surface area contributed by atoms with Gasteiger partial charge in [-0.05, 0) is 49.4 Å². The van der Waals surface area contributed by atoms with Gasteiger partial charge in [0.25, 0.3) is 5.91 Å². The summed E-state index contributed by atoms with van der Waals surface area (Å²) >= 11 is 1.26. The first kappa shape index (κ1) is 21.2. The maximum absolute atomic E-state index is 13.2. The minimum atomic E-state index is -0.281. The zero-order valence-corrected chi connectivity index (χ0v) is 18.1. The summed E-state index contributed by atoms with van der Waals surface area (Å²) in [6.45, 7) is 2.83. The lowest BCUT2D eigenvalue weighted by molar-refractivity contribution is -0.123. The third kappa shape index (κ3) is 4.99. The van der Waals surface area contributed by atoms with Crippen LogP contribution in [0.1, 0.15) is 39.3 Å². The normalized spacial score (nSPS) is 16.4. The summed E-state index contributed by atoms with van der Waals surface area (Å²) in [6.07, 6.45) is 2.23. The predicted octanol–water partition coefficient (Wildman–Crippen LogP) is 4.51. The van der Waals surface area contributed by atoms with Crippen molar-refractivity contribution >= 4 is 28.3 Å². The van der Waals surface area contributed by atoms with E-state index in [1.54, 1.807) is 24.0 Å². The Labute approximate surface area is 184 Å². The molecule has 3 aromatic rings. The molecule has 1 fully saturated rings. The number of hydrogen-bond donors (Lipinski definition) is 1. The second-order valence-electron chi connectivity index (χ2n) is 7.74. The van der Waals surface area contributed by atoms with Gasteiger partial charge in [0.1, 0.15) is 10.7 Å². The van der Waals surface area contributed by atoms with Crippen LogP contribution in [0.25, 0.3) is 0 Å². The number of carbonyl (C=O) groups excluding carboxylic acids is 2. The van der Waals surface area contributed by atoms with Crippen LogP contribution in [0.15, 0.2) is 54.6 Å². The van der Waals surface area contributed by atoms with E-state index in [2.05, 4.69) is 10.3 Å². The summed E-state index contributed by atoms with van der Waals surface area (Å²) in [4.78, 5) is 32.5. The van der Waals surface area contributed by atoms with Gasteiger partial charge in [-0.1, -0.05) is 53.8 Å². The maximum Gasteiger partial charge on any atom is 0.263 e.